The normalized spacial score (nSPS) is 13.0. The maximum atomic E-state index is 5.41. The van der Waals surface area contributed by atoms with Crippen molar-refractivity contribution in [1.29, 1.82) is 0 Å². The molecule has 0 bridgehead atoms. The van der Waals surface area contributed by atoms with Crippen LogP contribution in [0.4, 0.5) is 0 Å². The van der Waals surface area contributed by atoms with Crippen LogP contribution in [0.25, 0.3) is 0 Å². The summed E-state index contributed by atoms with van der Waals surface area (Å²) in [5.74, 6) is 1.75. The molecule has 4 heteroatoms. The fourth-order valence-electron chi connectivity index (χ4n) is 4.31. The minimum atomic E-state index is -0.792. The van der Waals surface area contributed by atoms with Crippen LogP contribution in [0.3, 0.4) is 0 Å². The molecule has 0 fully saturated rings. The topological polar surface area (TPSA) is 21.7 Å². The smallest absolute Gasteiger partial charge is 0.118 e. The highest BCUT2D eigenvalue weighted by Gasteiger charge is 2.32. The number of rotatable bonds is 9. The Kier molecular flexibility index (Phi) is 8.00. The summed E-state index contributed by atoms with van der Waals surface area (Å²) < 4.78 is 13.5. The van der Waals surface area contributed by atoms with Gasteiger partial charge in [-0.15, -0.1) is 0 Å². The third-order valence-corrected chi connectivity index (χ3v) is 8.95. The average molecular weight is 470 g/mol. The van der Waals surface area contributed by atoms with E-state index >= 15 is 0 Å². The third kappa shape index (κ3) is 5.33. The van der Waals surface area contributed by atoms with E-state index in [-0.39, 0.29) is 12.1 Å². The Labute approximate surface area is 204 Å². The Morgan fingerprint density at radius 1 is 0.529 bits per heavy atom. The van der Waals surface area contributed by atoms with Gasteiger partial charge in [0.05, 0.1) is 14.2 Å². The minimum absolute atomic E-state index is 0.175. The van der Waals surface area contributed by atoms with Gasteiger partial charge in [0.25, 0.3) is 0 Å². The summed E-state index contributed by atoms with van der Waals surface area (Å²) in [5.41, 5.74) is 2.53. The zero-order chi connectivity index (χ0) is 23.9. The largest absolute Gasteiger partial charge is 0.497 e. The Morgan fingerprint density at radius 2 is 0.882 bits per heavy atom. The quantitative estimate of drug-likeness (QED) is 0.250. The molecule has 0 N–H and O–H groups in total. The number of methoxy groups -OCH3 is 2. The molecular weight excluding hydrogens is 437 g/mol. The Morgan fingerprint density at radius 3 is 1.21 bits per heavy atom. The van der Waals surface area contributed by atoms with Crippen LogP contribution in [0.1, 0.15) is 37.1 Å². The number of ether oxygens (including phenoxy) is 2. The van der Waals surface area contributed by atoms with Gasteiger partial charge in [-0.05, 0) is 59.8 Å². The van der Waals surface area contributed by atoms with E-state index in [1.807, 2.05) is 0 Å². The predicted octanol–water partition coefficient (Wildman–Crippen LogP) is 6.88. The fourth-order valence-corrected chi connectivity index (χ4v) is 7.01. The van der Waals surface area contributed by atoms with Crippen LogP contribution in [-0.4, -0.2) is 18.9 Å². The van der Waals surface area contributed by atoms with Gasteiger partial charge in [-0.1, -0.05) is 84.9 Å². The van der Waals surface area contributed by atoms with Crippen LogP contribution in [-0.2, 0) is 0 Å². The second-order valence-electron chi connectivity index (χ2n) is 8.26. The fraction of sp³-hybridized carbons (Fsp3) is 0.200. The second kappa shape index (κ2) is 11.3. The van der Waals surface area contributed by atoms with Crippen LogP contribution in [0.15, 0.2) is 109 Å². The summed E-state index contributed by atoms with van der Waals surface area (Å²) >= 11 is 0. The molecule has 3 nitrogen and oxygen atoms in total. The van der Waals surface area contributed by atoms with Gasteiger partial charge < -0.3 is 9.47 Å². The minimum Gasteiger partial charge on any atom is -0.497 e. The summed E-state index contributed by atoms with van der Waals surface area (Å²) in [6.07, 6.45) is 0. The SMILES string of the molecule is COc1ccc([C@H](C)N([C@@H](C)c2ccc(OC)cc2)P(c2ccccc2)c2ccccc2)cc1. The van der Waals surface area contributed by atoms with Crippen LogP contribution < -0.4 is 20.1 Å². The lowest BCUT2D eigenvalue weighted by atomic mass is 10.0. The van der Waals surface area contributed by atoms with E-state index < -0.39 is 8.07 Å². The number of nitrogens with zero attached hydrogens (tertiary/aromatic N) is 1. The monoisotopic (exact) mass is 469 g/mol. The Balaban J connectivity index is 1.84. The number of benzene rings is 4. The van der Waals surface area contributed by atoms with Gasteiger partial charge >= 0.3 is 0 Å². The summed E-state index contributed by atoms with van der Waals surface area (Å²) in [7, 11) is 2.63. The van der Waals surface area contributed by atoms with Crippen molar-refractivity contribution in [2.24, 2.45) is 0 Å². The first-order valence-electron chi connectivity index (χ1n) is 11.6. The molecule has 174 valence electrons. The van der Waals surface area contributed by atoms with Gasteiger partial charge in [-0.25, -0.2) is 0 Å². The Hall–Kier alpha value is -3.13. The van der Waals surface area contributed by atoms with Crippen molar-refractivity contribution >= 4 is 18.7 Å². The molecule has 0 aliphatic rings. The van der Waals surface area contributed by atoms with E-state index in [2.05, 4.69) is 128 Å². The van der Waals surface area contributed by atoms with Gasteiger partial charge in [0.1, 0.15) is 11.5 Å². The molecule has 0 unspecified atom stereocenters. The van der Waals surface area contributed by atoms with E-state index in [0.717, 1.165) is 11.5 Å². The molecule has 4 aromatic carbocycles. The summed E-state index contributed by atoms with van der Waals surface area (Å²) in [6.45, 7) is 4.62. The first-order valence-corrected chi connectivity index (χ1v) is 12.9. The van der Waals surface area contributed by atoms with Crippen molar-refractivity contribution < 1.29 is 9.47 Å². The highest BCUT2D eigenvalue weighted by Crippen LogP contribution is 2.50. The van der Waals surface area contributed by atoms with E-state index in [1.54, 1.807) is 14.2 Å². The lowest BCUT2D eigenvalue weighted by Crippen LogP contribution is -2.33. The highest BCUT2D eigenvalue weighted by atomic mass is 31.1. The molecular formula is C30H32NO2P. The van der Waals surface area contributed by atoms with E-state index in [1.165, 1.54) is 21.7 Å². The predicted molar refractivity (Wildman–Crippen MR) is 144 cm³/mol. The molecule has 0 aromatic heterocycles. The Bertz CT molecular complexity index is 1060. The molecule has 0 saturated heterocycles. The first kappa shape index (κ1) is 24.0. The first-order chi connectivity index (χ1) is 16.6. The lowest BCUT2D eigenvalue weighted by Gasteiger charge is -2.41. The van der Waals surface area contributed by atoms with E-state index in [0.29, 0.717) is 0 Å². The summed E-state index contributed by atoms with van der Waals surface area (Å²) in [5, 5.41) is 2.67. The molecule has 0 heterocycles. The zero-order valence-electron chi connectivity index (χ0n) is 20.3. The molecule has 0 aliphatic heterocycles. The molecule has 0 amide bonds. The van der Waals surface area contributed by atoms with Gasteiger partial charge in [-0.2, -0.15) is 0 Å². The van der Waals surface area contributed by atoms with Crippen LogP contribution >= 0.6 is 8.07 Å². The van der Waals surface area contributed by atoms with Crippen molar-refractivity contribution in [3.8, 4) is 11.5 Å². The molecule has 0 spiro atoms. The van der Waals surface area contributed by atoms with Crippen molar-refractivity contribution in [3.05, 3.63) is 120 Å². The molecule has 4 rings (SSSR count). The maximum absolute atomic E-state index is 5.41. The molecule has 0 aliphatic carbocycles. The number of hydrogen-bond donors (Lipinski definition) is 0. The molecule has 2 atom stereocenters. The van der Waals surface area contributed by atoms with Crippen LogP contribution in [0, 0.1) is 0 Å². The summed E-state index contributed by atoms with van der Waals surface area (Å²) in [6, 6.07) is 39.1. The van der Waals surface area contributed by atoms with Crippen LogP contribution in [0.2, 0.25) is 0 Å². The van der Waals surface area contributed by atoms with Crippen molar-refractivity contribution in [2.45, 2.75) is 25.9 Å². The maximum Gasteiger partial charge on any atom is 0.118 e. The van der Waals surface area contributed by atoms with Crippen molar-refractivity contribution in [2.75, 3.05) is 14.2 Å². The standard InChI is InChI=1S/C30H32NO2P/c1-23(25-15-19-27(32-3)20-16-25)31(24(2)26-17-21-28(33-4)22-18-26)34(29-11-7-5-8-12-29)30-13-9-6-10-14-30/h5-24H,1-4H3/t23-,24-/m0/s1. The molecule has 34 heavy (non-hydrogen) atoms. The average Bonchev–Trinajstić information content (AvgIpc) is 2.92. The van der Waals surface area contributed by atoms with Crippen molar-refractivity contribution in [1.82, 2.24) is 4.67 Å². The van der Waals surface area contributed by atoms with Gasteiger partial charge in [0, 0.05) is 20.2 Å². The molecule has 4 aromatic rings. The summed E-state index contributed by atoms with van der Waals surface area (Å²) in [4.78, 5) is 0. The third-order valence-electron chi connectivity index (χ3n) is 6.22. The van der Waals surface area contributed by atoms with Crippen LogP contribution in [0.5, 0.6) is 11.5 Å². The molecule has 0 saturated carbocycles. The van der Waals surface area contributed by atoms with E-state index in [4.69, 9.17) is 9.47 Å². The molecule has 0 radical (unpaired) electrons. The highest BCUT2D eigenvalue weighted by molar-refractivity contribution is 7.70. The van der Waals surface area contributed by atoms with Gasteiger partial charge in [0.2, 0.25) is 0 Å². The van der Waals surface area contributed by atoms with Crippen molar-refractivity contribution in [3.63, 3.8) is 0 Å². The second-order valence-corrected chi connectivity index (χ2v) is 10.4. The number of hydrogen-bond acceptors (Lipinski definition) is 3. The van der Waals surface area contributed by atoms with Gasteiger partial charge in [0.15, 0.2) is 0 Å². The van der Waals surface area contributed by atoms with E-state index in [9.17, 15) is 0 Å². The lowest BCUT2D eigenvalue weighted by molar-refractivity contribution is 0.303. The van der Waals surface area contributed by atoms with Gasteiger partial charge in [-0.3, -0.25) is 4.67 Å². The zero-order valence-corrected chi connectivity index (χ0v) is 21.2.